The summed E-state index contributed by atoms with van der Waals surface area (Å²) in [6.45, 7) is 1.88. The van der Waals surface area contributed by atoms with E-state index in [0.29, 0.717) is 11.4 Å². The Bertz CT molecular complexity index is 519. The lowest BCUT2D eigenvalue weighted by atomic mass is 10.1. The lowest BCUT2D eigenvalue weighted by Gasteiger charge is -2.02. The number of aryl methyl sites for hydroxylation is 1. The van der Waals surface area contributed by atoms with Gasteiger partial charge in [-0.25, -0.2) is 0 Å². The molecule has 2 aromatic rings. The zero-order valence-corrected chi connectivity index (χ0v) is 10.9. The van der Waals surface area contributed by atoms with Crippen molar-refractivity contribution >= 4 is 27.7 Å². The molecule has 5 heteroatoms. The van der Waals surface area contributed by atoms with Gasteiger partial charge in [0, 0.05) is 22.7 Å². The first-order valence-electron chi connectivity index (χ1n) is 5.17. The molecule has 4 nitrogen and oxygen atoms in total. The van der Waals surface area contributed by atoms with Gasteiger partial charge >= 0.3 is 0 Å². The van der Waals surface area contributed by atoms with Crippen LogP contribution in [0.3, 0.4) is 0 Å². The topological polar surface area (TPSA) is 57.8 Å². The normalized spacial score (nSPS) is 10.2. The Morgan fingerprint density at radius 3 is 2.65 bits per heavy atom. The van der Waals surface area contributed by atoms with Crippen molar-refractivity contribution in [2.45, 2.75) is 12.3 Å². The van der Waals surface area contributed by atoms with Crippen LogP contribution in [0.1, 0.15) is 21.6 Å². The highest BCUT2D eigenvalue weighted by Crippen LogP contribution is 2.10. The Kier molecular flexibility index (Phi) is 3.58. The van der Waals surface area contributed by atoms with Crippen molar-refractivity contribution < 1.29 is 4.79 Å². The Labute approximate surface area is 108 Å². The molecule has 0 atom stereocenters. The number of hydrogen-bond donors (Lipinski definition) is 2. The molecule has 0 aliphatic heterocycles. The van der Waals surface area contributed by atoms with E-state index in [9.17, 15) is 4.79 Å². The molecule has 0 saturated carbocycles. The average Bonchev–Trinajstić information content (AvgIpc) is 2.75. The molecular weight excluding hydrogens is 282 g/mol. The van der Waals surface area contributed by atoms with E-state index in [1.807, 2.05) is 19.1 Å². The van der Waals surface area contributed by atoms with Crippen LogP contribution >= 0.6 is 15.9 Å². The predicted molar refractivity (Wildman–Crippen MR) is 70.4 cm³/mol. The van der Waals surface area contributed by atoms with Gasteiger partial charge in [0.2, 0.25) is 0 Å². The van der Waals surface area contributed by atoms with E-state index in [1.54, 1.807) is 18.2 Å². The highest BCUT2D eigenvalue weighted by Gasteiger charge is 2.07. The van der Waals surface area contributed by atoms with Gasteiger partial charge in [0.05, 0.1) is 0 Å². The van der Waals surface area contributed by atoms with Gasteiger partial charge in [-0.15, -0.1) is 0 Å². The number of aromatic nitrogens is 2. The Hall–Kier alpha value is -1.62. The molecule has 88 valence electrons. The second-order valence-corrected chi connectivity index (χ2v) is 4.28. The van der Waals surface area contributed by atoms with E-state index in [-0.39, 0.29) is 5.91 Å². The fourth-order valence-electron chi connectivity index (χ4n) is 1.42. The van der Waals surface area contributed by atoms with E-state index in [2.05, 4.69) is 31.4 Å². The largest absolute Gasteiger partial charge is 0.305 e. The molecule has 0 bridgehead atoms. The van der Waals surface area contributed by atoms with Crippen molar-refractivity contribution in [3.8, 4) is 0 Å². The lowest BCUT2D eigenvalue weighted by Crippen LogP contribution is -2.12. The first-order chi connectivity index (χ1) is 8.19. The maximum Gasteiger partial charge on any atom is 0.256 e. The number of H-pyrrole nitrogens is 1. The summed E-state index contributed by atoms with van der Waals surface area (Å²) in [5.41, 5.74) is 2.67. The van der Waals surface area contributed by atoms with Crippen molar-refractivity contribution in [3.63, 3.8) is 0 Å². The molecule has 0 fully saturated rings. The van der Waals surface area contributed by atoms with Gasteiger partial charge in [0.25, 0.3) is 5.91 Å². The van der Waals surface area contributed by atoms with Gasteiger partial charge in [-0.05, 0) is 24.6 Å². The van der Waals surface area contributed by atoms with Crippen LogP contribution in [0.4, 0.5) is 5.82 Å². The number of carbonyl (C=O) groups is 1. The molecule has 2 rings (SSSR count). The number of benzene rings is 1. The Morgan fingerprint density at radius 1 is 1.41 bits per heavy atom. The third-order valence-electron chi connectivity index (χ3n) is 2.32. The minimum absolute atomic E-state index is 0.155. The molecule has 0 radical (unpaired) electrons. The fourth-order valence-corrected chi connectivity index (χ4v) is 1.79. The summed E-state index contributed by atoms with van der Waals surface area (Å²) in [5.74, 6) is 0.384. The number of hydrogen-bond acceptors (Lipinski definition) is 2. The molecule has 1 heterocycles. The molecular formula is C12H12BrN3O. The fraction of sp³-hybridized carbons (Fsp3) is 0.167. The van der Waals surface area contributed by atoms with Crippen LogP contribution < -0.4 is 5.32 Å². The van der Waals surface area contributed by atoms with Crippen LogP contribution in [0.15, 0.2) is 30.3 Å². The monoisotopic (exact) mass is 293 g/mol. The zero-order chi connectivity index (χ0) is 12.3. The maximum absolute atomic E-state index is 11.8. The Morgan fingerprint density at radius 2 is 2.12 bits per heavy atom. The van der Waals surface area contributed by atoms with Gasteiger partial charge in [-0.2, -0.15) is 5.10 Å². The smallest absolute Gasteiger partial charge is 0.256 e. The van der Waals surface area contributed by atoms with Crippen molar-refractivity contribution in [1.29, 1.82) is 0 Å². The van der Waals surface area contributed by atoms with Gasteiger partial charge in [0.15, 0.2) is 5.82 Å². The molecule has 0 unspecified atom stereocenters. The van der Waals surface area contributed by atoms with Crippen LogP contribution in [-0.2, 0) is 5.33 Å². The van der Waals surface area contributed by atoms with Crippen LogP contribution in [-0.4, -0.2) is 16.1 Å². The highest BCUT2D eigenvalue weighted by molar-refractivity contribution is 9.08. The summed E-state index contributed by atoms with van der Waals surface area (Å²) >= 11 is 3.36. The van der Waals surface area contributed by atoms with Crippen LogP contribution in [0.5, 0.6) is 0 Å². The van der Waals surface area contributed by atoms with Crippen molar-refractivity contribution in [2.75, 3.05) is 5.32 Å². The summed E-state index contributed by atoms with van der Waals surface area (Å²) < 4.78 is 0. The molecule has 17 heavy (non-hydrogen) atoms. The number of nitrogens with one attached hydrogen (secondary N) is 2. The van der Waals surface area contributed by atoms with Gasteiger partial charge in [-0.3, -0.25) is 9.89 Å². The lowest BCUT2D eigenvalue weighted by molar-refractivity contribution is 0.102. The first kappa shape index (κ1) is 11.9. The number of halogens is 1. The van der Waals surface area contributed by atoms with Gasteiger partial charge in [-0.1, -0.05) is 28.1 Å². The molecule has 1 aromatic heterocycles. The van der Waals surface area contributed by atoms with E-state index < -0.39 is 0 Å². The van der Waals surface area contributed by atoms with Crippen LogP contribution in [0, 0.1) is 6.92 Å². The maximum atomic E-state index is 11.8. The van der Waals surface area contributed by atoms with E-state index in [1.165, 1.54) is 0 Å². The molecule has 0 saturated heterocycles. The number of carbonyl (C=O) groups excluding carboxylic acids is 1. The van der Waals surface area contributed by atoms with Gasteiger partial charge in [0.1, 0.15) is 0 Å². The number of anilines is 1. The summed E-state index contributed by atoms with van der Waals surface area (Å²) in [6, 6.07) is 9.21. The van der Waals surface area contributed by atoms with Gasteiger partial charge < -0.3 is 5.32 Å². The quantitative estimate of drug-likeness (QED) is 0.855. The molecule has 2 N–H and O–H groups in total. The van der Waals surface area contributed by atoms with E-state index >= 15 is 0 Å². The number of alkyl halides is 1. The summed E-state index contributed by atoms with van der Waals surface area (Å²) in [5, 5.41) is 10.2. The Balaban J connectivity index is 2.09. The summed E-state index contributed by atoms with van der Waals surface area (Å²) in [4.78, 5) is 11.8. The SMILES string of the molecule is Cc1cc(NC(=O)c2ccc(CBr)cc2)n[nH]1. The molecule has 1 amide bonds. The predicted octanol–water partition coefficient (Wildman–Crippen LogP) is 2.87. The molecule has 0 aliphatic rings. The summed E-state index contributed by atoms with van der Waals surface area (Å²) in [7, 11) is 0. The standard InChI is InChI=1S/C12H12BrN3O/c1-8-6-11(16-15-8)14-12(17)10-4-2-9(7-13)3-5-10/h2-6H,7H2,1H3,(H2,14,15,16,17). The third-order valence-corrected chi connectivity index (χ3v) is 2.97. The second kappa shape index (κ2) is 5.14. The molecule has 0 aliphatic carbocycles. The third kappa shape index (κ3) is 2.94. The molecule has 1 aromatic carbocycles. The second-order valence-electron chi connectivity index (χ2n) is 3.72. The van der Waals surface area contributed by atoms with E-state index in [4.69, 9.17) is 0 Å². The minimum Gasteiger partial charge on any atom is -0.305 e. The van der Waals surface area contributed by atoms with Crippen LogP contribution in [0.2, 0.25) is 0 Å². The van der Waals surface area contributed by atoms with Crippen molar-refractivity contribution in [2.24, 2.45) is 0 Å². The number of rotatable bonds is 3. The number of amides is 1. The van der Waals surface area contributed by atoms with Crippen molar-refractivity contribution in [1.82, 2.24) is 10.2 Å². The number of nitrogens with zero attached hydrogens (tertiary/aromatic N) is 1. The van der Waals surface area contributed by atoms with Crippen molar-refractivity contribution in [3.05, 3.63) is 47.2 Å². The number of aromatic amines is 1. The average molecular weight is 294 g/mol. The minimum atomic E-state index is -0.155. The molecule has 0 spiro atoms. The first-order valence-corrected chi connectivity index (χ1v) is 6.29. The van der Waals surface area contributed by atoms with E-state index in [0.717, 1.165) is 16.6 Å². The summed E-state index contributed by atoms with van der Waals surface area (Å²) in [6.07, 6.45) is 0. The zero-order valence-electron chi connectivity index (χ0n) is 9.33. The highest BCUT2D eigenvalue weighted by atomic mass is 79.9. The van der Waals surface area contributed by atoms with Crippen LogP contribution in [0.25, 0.3) is 0 Å².